The van der Waals surface area contributed by atoms with E-state index in [1.165, 1.54) is 0 Å². The topological polar surface area (TPSA) is 21.3 Å². The summed E-state index contributed by atoms with van der Waals surface area (Å²) in [6, 6.07) is 0.175. The van der Waals surface area contributed by atoms with Crippen molar-refractivity contribution in [2.24, 2.45) is 0 Å². The van der Waals surface area contributed by atoms with Crippen molar-refractivity contribution in [2.75, 3.05) is 6.61 Å². The zero-order valence-electron chi connectivity index (χ0n) is 8.76. The van der Waals surface area contributed by atoms with Crippen molar-refractivity contribution in [2.45, 2.75) is 51.3 Å². The third kappa shape index (κ3) is 2.24. The third-order valence-corrected chi connectivity index (χ3v) is 3.00. The highest BCUT2D eigenvalue weighted by Crippen LogP contribution is 2.25. The summed E-state index contributed by atoms with van der Waals surface area (Å²) in [5.41, 5.74) is 0.0625. The quantitative estimate of drug-likeness (QED) is 0.667. The predicted octanol–water partition coefficient (Wildman–Crippen LogP) is 1.56. The molecule has 1 heterocycles. The lowest BCUT2D eigenvalue weighted by Crippen LogP contribution is -2.51. The molecule has 0 bridgehead atoms. The lowest BCUT2D eigenvalue weighted by atomic mass is 9.93. The maximum atomic E-state index is 5.53. The molecule has 1 saturated heterocycles. The molecule has 1 rings (SSSR count). The van der Waals surface area contributed by atoms with Crippen molar-refractivity contribution in [3.05, 3.63) is 0 Å². The second-order valence-corrected chi connectivity index (χ2v) is 3.95. The minimum Gasteiger partial charge on any atom is -0.377 e. The molecule has 13 heavy (non-hydrogen) atoms. The van der Waals surface area contributed by atoms with E-state index >= 15 is 0 Å². The zero-order chi connectivity index (χ0) is 9.90. The third-order valence-electron chi connectivity index (χ3n) is 3.00. The highest BCUT2D eigenvalue weighted by atomic mass is 16.5. The molecule has 3 atom stereocenters. The molecular weight excluding hydrogens is 162 g/mol. The number of terminal acetylenes is 1. The van der Waals surface area contributed by atoms with Crippen molar-refractivity contribution in [1.82, 2.24) is 5.32 Å². The molecule has 2 nitrogen and oxygen atoms in total. The van der Waals surface area contributed by atoms with E-state index in [2.05, 4.69) is 32.0 Å². The van der Waals surface area contributed by atoms with E-state index in [4.69, 9.17) is 11.2 Å². The summed E-state index contributed by atoms with van der Waals surface area (Å²) >= 11 is 0. The van der Waals surface area contributed by atoms with Crippen molar-refractivity contribution >= 4 is 0 Å². The zero-order valence-corrected chi connectivity index (χ0v) is 8.76. The molecule has 0 amide bonds. The van der Waals surface area contributed by atoms with E-state index in [0.29, 0.717) is 0 Å². The van der Waals surface area contributed by atoms with Crippen LogP contribution in [0.15, 0.2) is 0 Å². The van der Waals surface area contributed by atoms with Gasteiger partial charge in [-0.25, -0.2) is 0 Å². The largest absolute Gasteiger partial charge is 0.377 e. The molecule has 0 radical (unpaired) electrons. The van der Waals surface area contributed by atoms with Gasteiger partial charge in [0, 0.05) is 12.1 Å². The monoisotopic (exact) mass is 181 g/mol. The fourth-order valence-corrected chi connectivity index (χ4v) is 1.68. The van der Waals surface area contributed by atoms with Crippen LogP contribution in [-0.2, 0) is 4.74 Å². The average Bonchev–Trinajstić information content (AvgIpc) is 2.44. The van der Waals surface area contributed by atoms with Crippen LogP contribution in [0.2, 0.25) is 0 Å². The van der Waals surface area contributed by atoms with Gasteiger partial charge in [0.15, 0.2) is 0 Å². The first kappa shape index (κ1) is 10.6. The lowest BCUT2D eigenvalue weighted by molar-refractivity contribution is 0.0864. The summed E-state index contributed by atoms with van der Waals surface area (Å²) < 4.78 is 5.53. The van der Waals surface area contributed by atoms with Gasteiger partial charge in [0.05, 0.1) is 12.1 Å². The van der Waals surface area contributed by atoms with E-state index in [1.54, 1.807) is 0 Å². The Balaban J connectivity index is 2.56. The number of hydrogen-bond donors (Lipinski definition) is 1. The normalized spacial score (nSPS) is 35.7. The van der Waals surface area contributed by atoms with E-state index in [-0.39, 0.29) is 17.7 Å². The van der Waals surface area contributed by atoms with Crippen molar-refractivity contribution in [3.63, 3.8) is 0 Å². The van der Waals surface area contributed by atoms with Crippen LogP contribution in [0.5, 0.6) is 0 Å². The van der Waals surface area contributed by atoms with E-state index < -0.39 is 0 Å². The molecule has 0 aromatic carbocycles. The first-order chi connectivity index (χ1) is 6.12. The molecule has 1 aliphatic rings. The Kier molecular flexibility index (Phi) is 3.35. The Morgan fingerprint density at radius 3 is 2.85 bits per heavy atom. The van der Waals surface area contributed by atoms with Gasteiger partial charge < -0.3 is 4.74 Å². The minimum atomic E-state index is 0.0625. The average molecular weight is 181 g/mol. The fraction of sp³-hybridized carbons (Fsp3) is 0.818. The summed E-state index contributed by atoms with van der Waals surface area (Å²) in [6.45, 7) is 7.22. The second-order valence-electron chi connectivity index (χ2n) is 3.95. The predicted molar refractivity (Wildman–Crippen MR) is 54.5 cm³/mol. The Hall–Kier alpha value is -0.520. The van der Waals surface area contributed by atoms with E-state index in [1.807, 2.05) is 0 Å². The molecule has 0 aromatic heterocycles. The Morgan fingerprint density at radius 2 is 2.46 bits per heavy atom. The van der Waals surface area contributed by atoms with Gasteiger partial charge in [0.25, 0.3) is 0 Å². The van der Waals surface area contributed by atoms with E-state index in [9.17, 15) is 0 Å². The number of nitrogens with one attached hydrogen (secondary N) is 1. The van der Waals surface area contributed by atoms with E-state index in [0.717, 1.165) is 19.4 Å². The number of rotatable bonds is 3. The first-order valence-electron chi connectivity index (χ1n) is 4.98. The van der Waals surface area contributed by atoms with Crippen LogP contribution < -0.4 is 5.32 Å². The molecule has 1 fully saturated rings. The van der Waals surface area contributed by atoms with Gasteiger partial charge in [-0.15, -0.1) is 6.42 Å². The molecule has 0 aliphatic carbocycles. The van der Waals surface area contributed by atoms with Crippen LogP contribution in [-0.4, -0.2) is 24.3 Å². The molecule has 74 valence electrons. The maximum absolute atomic E-state index is 5.53. The van der Waals surface area contributed by atoms with Crippen LogP contribution in [0.4, 0.5) is 0 Å². The van der Waals surface area contributed by atoms with Crippen LogP contribution in [0.25, 0.3) is 0 Å². The maximum Gasteiger partial charge on any atom is 0.0726 e. The summed E-state index contributed by atoms with van der Waals surface area (Å²) in [4.78, 5) is 0. The first-order valence-corrected chi connectivity index (χ1v) is 4.98. The van der Waals surface area contributed by atoms with Gasteiger partial charge in [-0.05, 0) is 26.7 Å². The molecular formula is C11H19NO. The minimum absolute atomic E-state index is 0.0625. The standard InChI is InChI=1S/C11H19NO/c1-5-10(6-2)12-11(4)7-8-13-9(11)3/h1,9-10,12H,6-8H2,2-4H3. The van der Waals surface area contributed by atoms with Crippen molar-refractivity contribution in [3.8, 4) is 12.3 Å². The van der Waals surface area contributed by atoms with Gasteiger partial charge in [-0.3, -0.25) is 5.32 Å². The molecule has 0 aromatic rings. The van der Waals surface area contributed by atoms with Gasteiger partial charge in [0.2, 0.25) is 0 Å². The van der Waals surface area contributed by atoms with Crippen LogP contribution in [0.3, 0.4) is 0 Å². The lowest BCUT2D eigenvalue weighted by Gasteiger charge is -2.31. The SMILES string of the molecule is C#CC(CC)NC1(C)CCOC1C. The van der Waals surface area contributed by atoms with Crippen LogP contribution >= 0.6 is 0 Å². The van der Waals surface area contributed by atoms with Crippen LogP contribution in [0, 0.1) is 12.3 Å². The van der Waals surface area contributed by atoms with Crippen LogP contribution in [0.1, 0.15) is 33.6 Å². The fourth-order valence-electron chi connectivity index (χ4n) is 1.68. The summed E-state index contributed by atoms with van der Waals surface area (Å²) in [5, 5.41) is 3.48. The highest BCUT2D eigenvalue weighted by Gasteiger charge is 2.37. The van der Waals surface area contributed by atoms with Gasteiger partial charge in [-0.2, -0.15) is 0 Å². The Morgan fingerprint density at radius 1 is 1.77 bits per heavy atom. The smallest absolute Gasteiger partial charge is 0.0726 e. The second kappa shape index (κ2) is 4.13. The van der Waals surface area contributed by atoms with Gasteiger partial charge in [-0.1, -0.05) is 12.8 Å². The van der Waals surface area contributed by atoms with Crippen molar-refractivity contribution in [1.29, 1.82) is 0 Å². The summed E-state index contributed by atoms with van der Waals surface area (Å²) in [5.74, 6) is 2.76. The molecule has 1 aliphatic heterocycles. The van der Waals surface area contributed by atoms with Gasteiger partial charge >= 0.3 is 0 Å². The molecule has 0 spiro atoms. The Bertz CT molecular complexity index is 209. The molecule has 1 N–H and O–H groups in total. The molecule has 0 saturated carbocycles. The number of ether oxygens (including phenoxy) is 1. The highest BCUT2D eigenvalue weighted by molar-refractivity contribution is 5.04. The summed E-state index contributed by atoms with van der Waals surface area (Å²) in [7, 11) is 0. The number of hydrogen-bond acceptors (Lipinski definition) is 2. The van der Waals surface area contributed by atoms with Gasteiger partial charge in [0.1, 0.15) is 0 Å². The molecule has 3 unspecified atom stereocenters. The Labute approximate surface area is 81.0 Å². The molecule has 2 heteroatoms. The summed E-state index contributed by atoms with van der Waals surface area (Å²) in [6.07, 6.45) is 7.69. The van der Waals surface area contributed by atoms with Crippen molar-refractivity contribution < 1.29 is 4.74 Å².